The van der Waals surface area contributed by atoms with Gasteiger partial charge in [-0.2, -0.15) is 0 Å². The first kappa shape index (κ1) is 13.9. The number of aromatic nitrogens is 2. The first-order valence-corrected chi connectivity index (χ1v) is 8.62. The summed E-state index contributed by atoms with van der Waals surface area (Å²) in [6.45, 7) is 2.06. The molecule has 1 unspecified atom stereocenters. The lowest BCUT2D eigenvalue weighted by Gasteiger charge is -2.26. The largest absolute Gasteiger partial charge is 0.361 e. The van der Waals surface area contributed by atoms with Crippen LogP contribution in [0.2, 0.25) is 0 Å². The van der Waals surface area contributed by atoms with Gasteiger partial charge in [0.1, 0.15) is 11.9 Å². The highest BCUT2D eigenvalue weighted by Crippen LogP contribution is 2.31. The molecule has 0 radical (unpaired) electrons. The van der Waals surface area contributed by atoms with Gasteiger partial charge in [-0.25, -0.2) is 4.98 Å². The van der Waals surface area contributed by atoms with E-state index in [2.05, 4.69) is 33.9 Å². The predicted octanol–water partition coefficient (Wildman–Crippen LogP) is 3.48. The molecule has 0 bridgehead atoms. The van der Waals surface area contributed by atoms with Crippen molar-refractivity contribution >= 4 is 22.4 Å². The van der Waals surface area contributed by atoms with Crippen LogP contribution in [0.3, 0.4) is 0 Å². The third-order valence-electron chi connectivity index (χ3n) is 4.07. The number of nitrogens with one attached hydrogen (secondary N) is 2. The second-order valence-electron chi connectivity index (χ2n) is 5.62. The van der Waals surface area contributed by atoms with E-state index in [4.69, 9.17) is 9.72 Å². The molecule has 1 atom stereocenters. The van der Waals surface area contributed by atoms with Gasteiger partial charge in [-0.1, -0.05) is 18.2 Å². The zero-order valence-corrected chi connectivity index (χ0v) is 13.1. The van der Waals surface area contributed by atoms with Crippen molar-refractivity contribution in [1.82, 2.24) is 15.3 Å². The van der Waals surface area contributed by atoms with E-state index < -0.39 is 0 Å². The molecule has 4 nitrogen and oxygen atoms in total. The van der Waals surface area contributed by atoms with Gasteiger partial charge in [-0.3, -0.25) is 0 Å². The van der Waals surface area contributed by atoms with Crippen molar-refractivity contribution in [2.75, 3.05) is 13.1 Å². The van der Waals surface area contributed by atoms with Crippen LogP contribution in [-0.4, -0.2) is 29.2 Å². The van der Waals surface area contributed by atoms with Crippen LogP contribution in [0.25, 0.3) is 11.0 Å². The lowest BCUT2D eigenvalue weighted by Crippen LogP contribution is -2.33. The third-order valence-corrected chi connectivity index (χ3v) is 4.99. The molecule has 2 aromatic heterocycles. The van der Waals surface area contributed by atoms with Crippen LogP contribution < -0.4 is 5.32 Å². The Bertz CT molecular complexity index is 698. The highest BCUT2D eigenvalue weighted by atomic mass is 32.1. The number of H-pyrrole nitrogens is 1. The number of benzene rings is 1. The SMILES string of the molecule is c1csc(C(OC2CCNCC2)c2nc3ccccc3[nH]2)c1. The molecule has 114 valence electrons. The first-order chi connectivity index (χ1) is 10.9. The molecule has 1 fully saturated rings. The van der Waals surface area contributed by atoms with E-state index in [1.54, 1.807) is 11.3 Å². The van der Waals surface area contributed by atoms with Gasteiger partial charge in [0.25, 0.3) is 0 Å². The second kappa shape index (κ2) is 6.20. The summed E-state index contributed by atoms with van der Waals surface area (Å²) < 4.78 is 6.43. The normalized spacial score (nSPS) is 17.8. The average Bonchev–Trinajstić information content (AvgIpc) is 3.23. The minimum atomic E-state index is -0.101. The lowest BCUT2D eigenvalue weighted by atomic mass is 10.1. The molecule has 0 aliphatic carbocycles. The molecule has 4 rings (SSSR count). The number of hydrogen-bond acceptors (Lipinski definition) is 4. The van der Waals surface area contributed by atoms with Crippen LogP contribution in [0, 0.1) is 0 Å². The van der Waals surface area contributed by atoms with E-state index in [9.17, 15) is 0 Å². The first-order valence-electron chi connectivity index (χ1n) is 7.74. The van der Waals surface area contributed by atoms with Gasteiger partial charge >= 0.3 is 0 Å². The number of rotatable bonds is 4. The van der Waals surface area contributed by atoms with Crippen molar-refractivity contribution in [2.45, 2.75) is 25.0 Å². The quantitative estimate of drug-likeness (QED) is 0.775. The Labute approximate surface area is 133 Å². The summed E-state index contributed by atoms with van der Waals surface area (Å²) >= 11 is 1.72. The summed E-state index contributed by atoms with van der Waals surface area (Å²) in [5, 5.41) is 5.48. The van der Waals surface area contributed by atoms with Crippen LogP contribution >= 0.6 is 11.3 Å². The lowest BCUT2D eigenvalue weighted by molar-refractivity contribution is -0.00984. The average molecular weight is 313 g/mol. The summed E-state index contributed by atoms with van der Waals surface area (Å²) in [5.41, 5.74) is 2.06. The number of fused-ring (bicyclic) bond motifs is 1. The number of piperidine rings is 1. The Morgan fingerprint density at radius 2 is 2.00 bits per heavy atom. The maximum Gasteiger partial charge on any atom is 0.150 e. The number of thiophene rings is 1. The van der Waals surface area contributed by atoms with Crippen LogP contribution in [-0.2, 0) is 4.74 Å². The van der Waals surface area contributed by atoms with E-state index >= 15 is 0 Å². The molecular weight excluding hydrogens is 294 g/mol. The van der Waals surface area contributed by atoms with Gasteiger partial charge in [0, 0.05) is 4.88 Å². The summed E-state index contributed by atoms with van der Waals surface area (Å²) in [7, 11) is 0. The van der Waals surface area contributed by atoms with E-state index in [1.807, 2.05) is 18.2 Å². The number of nitrogens with zero attached hydrogens (tertiary/aromatic N) is 1. The van der Waals surface area contributed by atoms with Crippen molar-refractivity contribution in [1.29, 1.82) is 0 Å². The maximum atomic E-state index is 6.43. The Kier molecular flexibility index (Phi) is 3.93. The van der Waals surface area contributed by atoms with E-state index in [-0.39, 0.29) is 6.10 Å². The highest BCUT2D eigenvalue weighted by Gasteiger charge is 2.25. The summed E-state index contributed by atoms with van der Waals surface area (Å²) in [5.74, 6) is 0.905. The van der Waals surface area contributed by atoms with Gasteiger partial charge in [-0.15, -0.1) is 11.3 Å². The molecule has 2 N–H and O–H groups in total. The van der Waals surface area contributed by atoms with Gasteiger partial charge in [0.05, 0.1) is 17.1 Å². The van der Waals surface area contributed by atoms with Crippen molar-refractivity contribution in [3.8, 4) is 0 Å². The second-order valence-corrected chi connectivity index (χ2v) is 6.60. The summed E-state index contributed by atoms with van der Waals surface area (Å²) in [6.07, 6.45) is 2.31. The van der Waals surface area contributed by atoms with Crippen LogP contribution in [0.4, 0.5) is 0 Å². The zero-order chi connectivity index (χ0) is 14.8. The monoisotopic (exact) mass is 313 g/mol. The smallest absolute Gasteiger partial charge is 0.150 e. The zero-order valence-electron chi connectivity index (χ0n) is 12.3. The van der Waals surface area contributed by atoms with Gasteiger partial charge in [0.2, 0.25) is 0 Å². The third kappa shape index (κ3) is 2.79. The van der Waals surface area contributed by atoms with Crippen molar-refractivity contribution in [3.05, 3.63) is 52.5 Å². The molecule has 1 aliphatic heterocycles. The Morgan fingerprint density at radius 1 is 1.14 bits per heavy atom. The number of aromatic amines is 1. The fraction of sp³-hybridized carbons (Fsp3) is 0.353. The minimum absolute atomic E-state index is 0.101. The molecule has 1 aromatic carbocycles. The molecule has 1 saturated heterocycles. The van der Waals surface area contributed by atoms with Crippen molar-refractivity contribution in [2.24, 2.45) is 0 Å². The topological polar surface area (TPSA) is 49.9 Å². The number of imidazole rings is 1. The van der Waals surface area contributed by atoms with E-state index in [1.165, 1.54) is 4.88 Å². The van der Waals surface area contributed by atoms with Gasteiger partial charge < -0.3 is 15.0 Å². The van der Waals surface area contributed by atoms with E-state index in [0.29, 0.717) is 6.10 Å². The molecule has 0 spiro atoms. The molecule has 22 heavy (non-hydrogen) atoms. The van der Waals surface area contributed by atoms with Crippen LogP contribution in [0.15, 0.2) is 41.8 Å². The van der Waals surface area contributed by atoms with Crippen LogP contribution in [0.5, 0.6) is 0 Å². The Hall–Kier alpha value is -1.69. The molecule has 3 heterocycles. The molecule has 3 aromatic rings. The summed E-state index contributed by atoms with van der Waals surface area (Å²) in [4.78, 5) is 9.38. The molecular formula is C17H19N3OS. The molecule has 0 saturated carbocycles. The standard InChI is InChI=1S/C17H19N3OS/c1-2-5-14-13(4-1)19-17(20-14)16(15-6-3-11-22-15)21-12-7-9-18-10-8-12/h1-6,11-12,16,18H,7-10H2,(H,19,20). The predicted molar refractivity (Wildman–Crippen MR) is 89.2 cm³/mol. The van der Waals surface area contributed by atoms with Gasteiger partial charge in [0.15, 0.2) is 0 Å². The molecule has 0 amide bonds. The fourth-order valence-corrected chi connectivity index (χ4v) is 3.69. The Morgan fingerprint density at radius 3 is 2.77 bits per heavy atom. The summed E-state index contributed by atoms with van der Waals surface area (Å²) in [6, 6.07) is 12.3. The maximum absolute atomic E-state index is 6.43. The number of ether oxygens (including phenoxy) is 1. The minimum Gasteiger partial charge on any atom is -0.361 e. The van der Waals surface area contributed by atoms with Crippen molar-refractivity contribution in [3.63, 3.8) is 0 Å². The fourth-order valence-electron chi connectivity index (χ4n) is 2.93. The molecule has 1 aliphatic rings. The van der Waals surface area contributed by atoms with E-state index in [0.717, 1.165) is 42.8 Å². The van der Waals surface area contributed by atoms with Crippen molar-refractivity contribution < 1.29 is 4.74 Å². The van der Waals surface area contributed by atoms with Crippen LogP contribution in [0.1, 0.15) is 29.6 Å². The van der Waals surface area contributed by atoms with Gasteiger partial charge in [-0.05, 0) is 49.5 Å². The highest BCUT2D eigenvalue weighted by molar-refractivity contribution is 7.10. The number of para-hydroxylation sites is 2. The Balaban J connectivity index is 1.66. The molecule has 5 heteroatoms. The number of hydrogen-bond donors (Lipinski definition) is 2.